The molecule has 1 aromatic carbocycles. The fourth-order valence-corrected chi connectivity index (χ4v) is 2.95. The van der Waals surface area contributed by atoms with Gasteiger partial charge in [-0.3, -0.25) is 4.79 Å². The number of benzene rings is 1. The fraction of sp³-hybridized carbons (Fsp3) is 0.222. The first-order chi connectivity index (χ1) is 13.1. The molecular weight excluding hydrogens is 362 g/mol. The molecule has 0 radical (unpaired) electrons. The molecule has 9 heteroatoms. The van der Waals surface area contributed by atoms with E-state index in [4.69, 9.17) is 5.26 Å². The quantitative estimate of drug-likeness (QED) is 0.653. The van der Waals surface area contributed by atoms with E-state index in [2.05, 4.69) is 38.4 Å². The average Bonchev–Trinajstić information content (AvgIpc) is 3.20. The number of nitrogens with one attached hydrogen (secondary N) is 1. The Labute approximate surface area is 160 Å². The van der Waals surface area contributed by atoms with Crippen LogP contribution in [-0.2, 0) is 13.0 Å². The van der Waals surface area contributed by atoms with Crippen LogP contribution in [0.5, 0.6) is 0 Å². The third-order valence-electron chi connectivity index (χ3n) is 3.87. The van der Waals surface area contributed by atoms with E-state index in [1.807, 2.05) is 24.5 Å². The summed E-state index contributed by atoms with van der Waals surface area (Å²) in [7, 11) is 0. The molecule has 0 aliphatic heterocycles. The van der Waals surface area contributed by atoms with E-state index in [0.29, 0.717) is 17.2 Å². The third kappa shape index (κ3) is 4.30. The summed E-state index contributed by atoms with van der Waals surface area (Å²) in [5.41, 5.74) is 1.94. The zero-order valence-electron chi connectivity index (χ0n) is 14.9. The van der Waals surface area contributed by atoms with Crippen molar-refractivity contribution in [1.29, 1.82) is 5.26 Å². The van der Waals surface area contributed by atoms with Gasteiger partial charge in [0.25, 0.3) is 5.91 Å². The summed E-state index contributed by atoms with van der Waals surface area (Å²) in [6.07, 6.45) is 7.02. The van der Waals surface area contributed by atoms with Gasteiger partial charge in [-0.2, -0.15) is 15.0 Å². The third-order valence-corrected chi connectivity index (χ3v) is 4.57. The van der Waals surface area contributed by atoms with Crippen LogP contribution in [0, 0.1) is 11.3 Å². The summed E-state index contributed by atoms with van der Waals surface area (Å²) in [5, 5.41) is 15.8. The zero-order valence-corrected chi connectivity index (χ0v) is 15.7. The molecule has 0 fully saturated rings. The maximum atomic E-state index is 12.6. The number of carbonyl (C=O) groups is 1. The molecule has 2 heterocycles. The number of carbonyl (C=O) groups excluding carboxylic acids is 1. The average molecular weight is 379 g/mol. The first kappa shape index (κ1) is 18.5. The predicted molar refractivity (Wildman–Crippen MR) is 100 cm³/mol. The molecule has 3 aromatic rings. The van der Waals surface area contributed by atoms with Gasteiger partial charge in [0, 0.05) is 10.5 Å². The van der Waals surface area contributed by atoms with Gasteiger partial charge in [0.2, 0.25) is 0 Å². The number of nitrogens with zero attached hydrogens (tertiary/aromatic N) is 6. The summed E-state index contributed by atoms with van der Waals surface area (Å²) in [6.45, 7) is 2.24. The normalized spacial score (nSPS) is 10.4. The largest absolute Gasteiger partial charge is 0.345 e. The second kappa shape index (κ2) is 8.42. The molecule has 0 unspecified atom stereocenters. The molecule has 3 rings (SSSR count). The zero-order chi connectivity index (χ0) is 19.2. The highest BCUT2D eigenvalue weighted by Crippen LogP contribution is 2.19. The Hall–Kier alpha value is -3.25. The van der Waals surface area contributed by atoms with Crippen LogP contribution in [0.3, 0.4) is 0 Å². The first-order valence-electron chi connectivity index (χ1n) is 8.22. The van der Waals surface area contributed by atoms with Crippen LogP contribution in [-0.4, -0.2) is 36.9 Å². The Bertz CT molecular complexity index is 969. The van der Waals surface area contributed by atoms with E-state index >= 15 is 0 Å². The van der Waals surface area contributed by atoms with Crippen molar-refractivity contribution < 1.29 is 4.79 Å². The lowest BCUT2D eigenvalue weighted by atomic mass is 10.1. The fourth-order valence-electron chi connectivity index (χ4n) is 2.44. The number of thioether (sulfide) groups is 1. The summed E-state index contributed by atoms with van der Waals surface area (Å²) in [4.78, 5) is 25.9. The Morgan fingerprint density at radius 1 is 1.26 bits per heavy atom. The molecule has 1 amide bonds. The number of amides is 1. The van der Waals surface area contributed by atoms with Gasteiger partial charge in [-0.15, -0.1) is 11.8 Å². The van der Waals surface area contributed by atoms with E-state index in [-0.39, 0.29) is 18.1 Å². The van der Waals surface area contributed by atoms with Crippen molar-refractivity contribution in [2.45, 2.75) is 24.8 Å². The monoisotopic (exact) mass is 379 g/mol. The lowest BCUT2D eigenvalue weighted by molar-refractivity contribution is 0.0949. The summed E-state index contributed by atoms with van der Waals surface area (Å²) < 4.78 is 1.48. The summed E-state index contributed by atoms with van der Waals surface area (Å²) in [5.74, 6) is 0.758. The topological polar surface area (TPSA) is 109 Å². The summed E-state index contributed by atoms with van der Waals surface area (Å²) >= 11 is 1.60. The van der Waals surface area contributed by atoms with Crippen molar-refractivity contribution in [2.24, 2.45) is 0 Å². The van der Waals surface area contributed by atoms with Gasteiger partial charge in [0.05, 0.1) is 18.9 Å². The van der Waals surface area contributed by atoms with Crippen LogP contribution < -0.4 is 5.32 Å². The molecule has 27 heavy (non-hydrogen) atoms. The Balaban J connectivity index is 1.75. The Morgan fingerprint density at radius 2 is 2.11 bits per heavy atom. The minimum atomic E-state index is -0.180. The lowest BCUT2D eigenvalue weighted by Gasteiger charge is -2.09. The van der Waals surface area contributed by atoms with E-state index in [0.717, 1.165) is 16.9 Å². The highest BCUT2D eigenvalue weighted by molar-refractivity contribution is 7.98. The molecule has 2 aromatic heterocycles. The molecule has 0 saturated carbocycles. The van der Waals surface area contributed by atoms with Gasteiger partial charge in [-0.25, -0.2) is 15.0 Å². The number of aryl methyl sites for hydroxylation is 1. The maximum Gasteiger partial charge on any atom is 0.251 e. The van der Waals surface area contributed by atoms with Gasteiger partial charge in [0.1, 0.15) is 12.4 Å². The lowest BCUT2D eigenvalue weighted by Crippen LogP contribution is -2.25. The molecule has 1 N–H and O–H groups in total. The van der Waals surface area contributed by atoms with Crippen LogP contribution in [0.1, 0.15) is 34.4 Å². The van der Waals surface area contributed by atoms with Gasteiger partial charge >= 0.3 is 0 Å². The smallest absolute Gasteiger partial charge is 0.251 e. The SMILES string of the molecule is CCc1cc(SC)cc(C(=O)NCc2ncnn2-c2cnc(C#N)cn2)c1. The van der Waals surface area contributed by atoms with Crippen molar-refractivity contribution in [2.75, 3.05) is 6.26 Å². The van der Waals surface area contributed by atoms with Crippen molar-refractivity contribution in [1.82, 2.24) is 30.0 Å². The van der Waals surface area contributed by atoms with Gasteiger partial charge in [0.15, 0.2) is 17.3 Å². The summed E-state index contributed by atoms with van der Waals surface area (Å²) in [6, 6.07) is 7.76. The van der Waals surface area contributed by atoms with Gasteiger partial charge in [-0.1, -0.05) is 6.92 Å². The molecule has 8 nitrogen and oxygen atoms in total. The van der Waals surface area contributed by atoms with Crippen molar-refractivity contribution in [3.8, 4) is 11.9 Å². The second-order valence-electron chi connectivity index (χ2n) is 5.57. The molecule has 0 aliphatic rings. The predicted octanol–water partition coefficient (Wildman–Crippen LogP) is 2.14. The van der Waals surface area contributed by atoms with E-state index in [9.17, 15) is 4.79 Å². The molecule has 0 saturated heterocycles. The van der Waals surface area contributed by atoms with Gasteiger partial charge < -0.3 is 5.32 Å². The van der Waals surface area contributed by atoms with Crippen LogP contribution in [0.15, 0.2) is 41.8 Å². The maximum absolute atomic E-state index is 12.6. The molecular formula is C18H17N7OS. The van der Waals surface area contributed by atoms with Crippen molar-refractivity contribution in [3.05, 3.63) is 59.6 Å². The number of hydrogen-bond acceptors (Lipinski definition) is 7. The standard InChI is InChI=1S/C18H17N7OS/c1-3-12-4-13(6-15(5-12)27-2)18(26)22-10-17-23-11-24-25(17)16-9-20-14(7-19)8-21-16/h4-6,8-9,11H,3,10H2,1-2H3,(H,22,26). The minimum absolute atomic E-state index is 0.180. The number of rotatable bonds is 6. The highest BCUT2D eigenvalue weighted by Gasteiger charge is 2.12. The van der Waals surface area contributed by atoms with Gasteiger partial charge in [-0.05, 0) is 36.4 Å². The molecule has 0 atom stereocenters. The second-order valence-corrected chi connectivity index (χ2v) is 6.45. The Morgan fingerprint density at radius 3 is 2.78 bits per heavy atom. The van der Waals surface area contributed by atoms with Crippen LogP contribution in [0.25, 0.3) is 5.82 Å². The molecule has 0 aliphatic carbocycles. The number of nitriles is 1. The molecule has 136 valence electrons. The van der Waals surface area contributed by atoms with Crippen LogP contribution >= 0.6 is 11.8 Å². The van der Waals surface area contributed by atoms with E-state index < -0.39 is 0 Å². The van der Waals surface area contributed by atoms with Crippen molar-refractivity contribution >= 4 is 17.7 Å². The number of hydrogen-bond donors (Lipinski definition) is 1. The van der Waals surface area contributed by atoms with Crippen LogP contribution in [0.4, 0.5) is 0 Å². The molecule has 0 bridgehead atoms. The van der Waals surface area contributed by atoms with E-state index in [1.54, 1.807) is 11.8 Å². The molecule has 0 spiro atoms. The van der Waals surface area contributed by atoms with Crippen molar-refractivity contribution in [3.63, 3.8) is 0 Å². The first-order valence-corrected chi connectivity index (χ1v) is 9.44. The van der Waals surface area contributed by atoms with E-state index in [1.165, 1.54) is 23.4 Å². The Kier molecular flexibility index (Phi) is 5.78. The number of aromatic nitrogens is 5. The van der Waals surface area contributed by atoms with Crippen LogP contribution in [0.2, 0.25) is 0 Å². The highest BCUT2D eigenvalue weighted by atomic mass is 32.2. The minimum Gasteiger partial charge on any atom is -0.345 e.